The van der Waals surface area contributed by atoms with Crippen LogP contribution in [0.3, 0.4) is 0 Å². The van der Waals surface area contributed by atoms with Gasteiger partial charge in [0, 0.05) is 17.6 Å². The molecule has 0 saturated heterocycles. The average molecular weight is 301 g/mol. The summed E-state index contributed by atoms with van der Waals surface area (Å²) >= 11 is 3.20. The molecular weight excluding hydrogens is 287 g/mol. The van der Waals surface area contributed by atoms with Gasteiger partial charge >= 0.3 is 0 Å². The highest BCUT2D eigenvalue weighted by atomic mass is 79.9. The van der Waals surface area contributed by atoms with E-state index in [4.69, 9.17) is 0 Å². The third-order valence-corrected chi connectivity index (χ3v) is 3.14. The van der Waals surface area contributed by atoms with Crippen molar-refractivity contribution in [3.63, 3.8) is 0 Å². The van der Waals surface area contributed by atoms with Crippen LogP contribution in [0, 0.1) is 5.82 Å². The topological polar surface area (TPSA) is 32.3 Å². The molecular formula is C12H14BrFN2O. The van der Waals surface area contributed by atoms with Gasteiger partial charge in [0.15, 0.2) is 0 Å². The molecule has 0 radical (unpaired) electrons. The van der Waals surface area contributed by atoms with Crippen molar-refractivity contribution in [3.05, 3.63) is 28.5 Å². The van der Waals surface area contributed by atoms with Gasteiger partial charge < -0.3 is 10.2 Å². The molecule has 0 aliphatic heterocycles. The first kappa shape index (κ1) is 12.4. The van der Waals surface area contributed by atoms with Gasteiger partial charge in [0.2, 0.25) is 5.91 Å². The molecule has 1 N–H and O–H groups in total. The Morgan fingerprint density at radius 2 is 2.29 bits per heavy atom. The Balaban J connectivity index is 1.97. The summed E-state index contributed by atoms with van der Waals surface area (Å²) in [5, 5.41) is 2.87. The number of rotatable bonds is 4. The number of carbonyl (C=O) groups excluding carboxylic acids is 1. The fourth-order valence-electron chi connectivity index (χ4n) is 1.59. The van der Waals surface area contributed by atoms with E-state index in [9.17, 15) is 9.18 Å². The molecule has 1 aliphatic carbocycles. The standard InChI is InChI=1S/C12H14BrFN2O/c1-16(7-12(17)15-9-3-4-9)11-5-2-8(13)6-10(11)14/h2,5-6,9H,3-4,7H2,1H3,(H,15,17). The first-order chi connectivity index (χ1) is 8.06. The van der Waals surface area contributed by atoms with E-state index in [1.807, 2.05) is 0 Å². The summed E-state index contributed by atoms with van der Waals surface area (Å²) in [5.74, 6) is -0.390. The lowest BCUT2D eigenvalue weighted by Crippen LogP contribution is -2.36. The van der Waals surface area contributed by atoms with Crippen molar-refractivity contribution in [2.75, 3.05) is 18.5 Å². The zero-order chi connectivity index (χ0) is 12.4. The number of nitrogens with zero attached hydrogens (tertiary/aromatic N) is 1. The lowest BCUT2D eigenvalue weighted by molar-refractivity contribution is -0.119. The lowest BCUT2D eigenvalue weighted by atomic mass is 10.3. The molecule has 2 rings (SSSR count). The molecule has 17 heavy (non-hydrogen) atoms. The summed E-state index contributed by atoms with van der Waals surface area (Å²) in [6.45, 7) is 0.176. The number of hydrogen-bond donors (Lipinski definition) is 1. The molecule has 1 amide bonds. The zero-order valence-electron chi connectivity index (χ0n) is 9.54. The third-order valence-electron chi connectivity index (χ3n) is 2.64. The highest BCUT2D eigenvalue weighted by Crippen LogP contribution is 2.22. The maximum atomic E-state index is 13.6. The van der Waals surface area contributed by atoms with E-state index >= 15 is 0 Å². The van der Waals surface area contributed by atoms with Crippen LogP contribution in [0.2, 0.25) is 0 Å². The summed E-state index contributed by atoms with van der Waals surface area (Å²) < 4.78 is 14.3. The van der Waals surface area contributed by atoms with Crippen LogP contribution in [-0.2, 0) is 4.79 Å². The van der Waals surface area contributed by atoms with Crippen molar-refractivity contribution in [2.24, 2.45) is 0 Å². The maximum absolute atomic E-state index is 13.6. The average Bonchev–Trinajstić information content (AvgIpc) is 3.00. The van der Waals surface area contributed by atoms with E-state index in [1.54, 1.807) is 24.1 Å². The zero-order valence-corrected chi connectivity index (χ0v) is 11.1. The van der Waals surface area contributed by atoms with Gasteiger partial charge in [0.1, 0.15) is 5.82 Å². The molecule has 1 saturated carbocycles. The number of likely N-dealkylation sites (N-methyl/N-ethyl adjacent to an activating group) is 1. The lowest BCUT2D eigenvalue weighted by Gasteiger charge is -2.19. The van der Waals surface area contributed by atoms with Crippen LogP contribution in [0.5, 0.6) is 0 Å². The van der Waals surface area contributed by atoms with Crippen molar-refractivity contribution in [3.8, 4) is 0 Å². The monoisotopic (exact) mass is 300 g/mol. The predicted molar refractivity (Wildman–Crippen MR) is 68.5 cm³/mol. The Kier molecular flexibility index (Phi) is 3.66. The number of hydrogen-bond acceptors (Lipinski definition) is 2. The minimum absolute atomic E-state index is 0.0580. The van der Waals surface area contributed by atoms with Gasteiger partial charge in [0.25, 0.3) is 0 Å². The minimum atomic E-state index is -0.332. The van der Waals surface area contributed by atoms with Gasteiger partial charge in [-0.15, -0.1) is 0 Å². The Morgan fingerprint density at radius 3 is 2.88 bits per heavy atom. The van der Waals surface area contributed by atoms with Crippen LogP contribution in [0.25, 0.3) is 0 Å². The summed E-state index contributed by atoms with van der Waals surface area (Å²) in [6, 6.07) is 5.15. The normalized spacial score (nSPS) is 14.5. The number of anilines is 1. The number of carbonyl (C=O) groups is 1. The minimum Gasteiger partial charge on any atom is -0.363 e. The van der Waals surface area contributed by atoms with Crippen molar-refractivity contribution in [2.45, 2.75) is 18.9 Å². The second-order valence-corrected chi connectivity index (χ2v) is 5.21. The molecule has 1 aromatic carbocycles. The molecule has 1 aliphatic rings. The number of amides is 1. The van der Waals surface area contributed by atoms with E-state index in [0.29, 0.717) is 16.2 Å². The van der Waals surface area contributed by atoms with Crippen molar-refractivity contribution in [1.29, 1.82) is 0 Å². The Labute approximate surface area is 108 Å². The van der Waals surface area contributed by atoms with Crippen LogP contribution < -0.4 is 10.2 Å². The number of halogens is 2. The van der Waals surface area contributed by atoms with Crippen molar-refractivity contribution in [1.82, 2.24) is 5.32 Å². The van der Waals surface area contributed by atoms with Crippen LogP contribution in [0.4, 0.5) is 10.1 Å². The summed E-state index contributed by atoms with van der Waals surface area (Å²) in [6.07, 6.45) is 2.12. The van der Waals surface area contributed by atoms with E-state index in [0.717, 1.165) is 12.8 Å². The first-order valence-corrected chi connectivity index (χ1v) is 6.31. The Morgan fingerprint density at radius 1 is 1.59 bits per heavy atom. The molecule has 0 aromatic heterocycles. The fourth-order valence-corrected chi connectivity index (χ4v) is 1.93. The van der Waals surface area contributed by atoms with E-state index in [1.165, 1.54) is 6.07 Å². The number of nitrogens with one attached hydrogen (secondary N) is 1. The molecule has 0 spiro atoms. The second-order valence-electron chi connectivity index (χ2n) is 4.29. The fraction of sp³-hybridized carbons (Fsp3) is 0.417. The van der Waals surface area contributed by atoms with Gasteiger partial charge in [0.05, 0.1) is 12.2 Å². The Bertz CT molecular complexity index is 435. The molecule has 92 valence electrons. The van der Waals surface area contributed by atoms with Crippen molar-refractivity contribution < 1.29 is 9.18 Å². The highest BCUT2D eigenvalue weighted by Gasteiger charge is 2.23. The highest BCUT2D eigenvalue weighted by molar-refractivity contribution is 9.10. The van der Waals surface area contributed by atoms with Gasteiger partial charge in [-0.25, -0.2) is 4.39 Å². The second kappa shape index (κ2) is 5.04. The van der Waals surface area contributed by atoms with E-state index < -0.39 is 0 Å². The number of benzene rings is 1. The summed E-state index contributed by atoms with van der Waals surface area (Å²) in [5.41, 5.74) is 0.430. The molecule has 1 fully saturated rings. The largest absolute Gasteiger partial charge is 0.363 e. The SMILES string of the molecule is CN(CC(=O)NC1CC1)c1ccc(Br)cc1F. The van der Waals surface area contributed by atoms with Crippen LogP contribution >= 0.6 is 15.9 Å². The van der Waals surface area contributed by atoms with Crippen LogP contribution in [0.15, 0.2) is 22.7 Å². The van der Waals surface area contributed by atoms with E-state index in [2.05, 4.69) is 21.2 Å². The van der Waals surface area contributed by atoms with Crippen LogP contribution in [-0.4, -0.2) is 25.5 Å². The summed E-state index contributed by atoms with van der Waals surface area (Å²) in [7, 11) is 1.71. The van der Waals surface area contributed by atoms with Gasteiger partial charge in [-0.2, -0.15) is 0 Å². The van der Waals surface area contributed by atoms with Gasteiger partial charge in [-0.1, -0.05) is 15.9 Å². The molecule has 5 heteroatoms. The molecule has 0 heterocycles. The molecule has 0 atom stereocenters. The van der Waals surface area contributed by atoms with Crippen molar-refractivity contribution >= 4 is 27.5 Å². The quantitative estimate of drug-likeness (QED) is 0.925. The molecule has 0 bridgehead atoms. The van der Waals surface area contributed by atoms with Crippen LogP contribution in [0.1, 0.15) is 12.8 Å². The Hall–Kier alpha value is -1.10. The summed E-state index contributed by atoms with van der Waals surface area (Å²) in [4.78, 5) is 13.2. The molecule has 3 nitrogen and oxygen atoms in total. The smallest absolute Gasteiger partial charge is 0.239 e. The van der Waals surface area contributed by atoms with E-state index in [-0.39, 0.29) is 18.3 Å². The van der Waals surface area contributed by atoms with Gasteiger partial charge in [-0.05, 0) is 31.0 Å². The first-order valence-electron chi connectivity index (χ1n) is 5.52. The molecule has 0 unspecified atom stereocenters. The third kappa shape index (κ3) is 3.43. The van der Waals surface area contributed by atoms with Gasteiger partial charge in [-0.3, -0.25) is 4.79 Å². The maximum Gasteiger partial charge on any atom is 0.239 e. The predicted octanol–water partition coefficient (Wildman–Crippen LogP) is 2.30. The molecule has 1 aromatic rings.